The Morgan fingerprint density at radius 1 is 1.24 bits per heavy atom. The van der Waals surface area contributed by atoms with E-state index in [1.807, 2.05) is 0 Å². The number of pyridine rings is 1. The molecule has 5 nitrogen and oxygen atoms in total. The summed E-state index contributed by atoms with van der Waals surface area (Å²) in [7, 11) is 0. The van der Waals surface area contributed by atoms with Gasteiger partial charge in [0.2, 0.25) is 0 Å². The Hall–Kier alpha value is -1.63. The van der Waals surface area contributed by atoms with Crippen molar-refractivity contribution in [2.24, 2.45) is 0 Å². The predicted octanol–water partition coefficient (Wildman–Crippen LogP) is 4.10. The van der Waals surface area contributed by atoms with Crippen LogP contribution in [0.5, 0.6) is 0 Å². The molecular formula is C13H7BrCl2N2O3. The van der Waals surface area contributed by atoms with Crippen LogP contribution in [0.3, 0.4) is 0 Å². The van der Waals surface area contributed by atoms with E-state index in [0.29, 0.717) is 10.2 Å². The van der Waals surface area contributed by atoms with Crippen molar-refractivity contribution < 1.29 is 14.7 Å². The van der Waals surface area contributed by atoms with Crippen LogP contribution in [0, 0.1) is 0 Å². The number of carboxylic acids is 1. The number of amides is 1. The van der Waals surface area contributed by atoms with Crippen LogP contribution < -0.4 is 5.32 Å². The quantitative estimate of drug-likeness (QED) is 0.774. The standard InChI is InChI=1S/C13H7BrCl2N2O3/c14-11-7(2-1-3-17-11)12(19)18-10-8(15)4-6(13(20)21)5-9(10)16/h1-5H,(H,18,19)(H,20,21). The van der Waals surface area contributed by atoms with Crippen LogP contribution in [0.25, 0.3) is 0 Å². The van der Waals surface area contributed by atoms with Gasteiger partial charge in [-0.1, -0.05) is 23.2 Å². The maximum Gasteiger partial charge on any atom is 0.335 e. The third kappa shape index (κ3) is 3.53. The minimum absolute atomic E-state index is 0.0354. The number of hydrogen-bond acceptors (Lipinski definition) is 3. The molecule has 0 saturated carbocycles. The second-order valence-electron chi connectivity index (χ2n) is 3.92. The van der Waals surface area contributed by atoms with E-state index in [9.17, 15) is 9.59 Å². The molecule has 2 aromatic rings. The normalized spacial score (nSPS) is 10.2. The molecule has 0 spiro atoms. The molecule has 0 unspecified atom stereocenters. The highest BCUT2D eigenvalue weighted by atomic mass is 79.9. The molecule has 108 valence electrons. The topological polar surface area (TPSA) is 79.3 Å². The number of hydrogen-bond donors (Lipinski definition) is 2. The minimum Gasteiger partial charge on any atom is -0.478 e. The van der Waals surface area contributed by atoms with Gasteiger partial charge in [0.05, 0.1) is 26.9 Å². The number of aromatic nitrogens is 1. The number of rotatable bonds is 3. The van der Waals surface area contributed by atoms with Crippen LogP contribution in [0.4, 0.5) is 5.69 Å². The molecule has 0 aliphatic heterocycles. The van der Waals surface area contributed by atoms with E-state index in [2.05, 4.69) is 26.2 Å². The SMILES string of the molecule is O=C(O)c1cc(Cl)c(NC(=O)c2cccnc2Br)c(Cl)c1. The summed E-state index contributed by atoms with van der Waals surface area (Å²) in [5.41, 5.74) is 0.376. The van der Waals surface area contributed by atoms with E-state index in [1.54, 1.807) is 12.1 Å². The average molecular weight is 390 g/mol. The minimum atomic E-state index is -1.16. The van der Waals surface area contributed by atoms with Gasteiger partial charge in [-0.3, -0.25) is 4.79 Å². The van der Waals surface area contributed by atoms with Gasteiger partial charge in [-0.05, 0) is 40.2 Å². The van der Waals surface area contributed by atoms with Crippen molar-refractivity contribution in [3.05, 3.63) is 56.2 Å². The number of benzene rings is 1. The number of carboxylic acid groups (broad SMARTS) is 1. The van der Waals surface area contributed by atoms with E-state index in [4.69, 9.17) is 28.3 Å². The summed E-state index contributed by atoms with van der Waals surface area (Å²) in [4.78, 5) is 27.0. The molecular weight excluding hydrogens is 383 g/mol. The molecule has 1 heterocycles. The van der Waals surface area contributed by atoms with Crippen LogP contribution >= 0.6 is 39.1 Å². The van der Waals surface area contributed by atoms with Crippen molar-refractivity contribution in [2.75, 3.05) is 5.32 Å². The van der Waals surface area contributed by atoms with Gasteiger partial charge in [-0.25, -0.2) is 9.78 Å². The second kappa shape index (κ2) is 6.43. The largest absolute Gasteiger partial charge is 0.478 e. The fourth-order valence-electron chi connectivity index (χ4n) is 1.55. The van der Waals surface area contributed by atoms with Gasteiger partial charge in [-0.2, -0.15) is 0 Å². The molecule has 2 rings (SSSR count). The first-order chi connectivity index (χ1) is 9.90. The molecule has 0 atom stereocenters. The zero-order valence-corrected chi connectivity index (χ0v) is 13.3. The highest BCUT2D eigenvalue weighted by molar-refractivity contribution is 9.10. The maximum absolute atomic E-state index is 12.1. The van der Waals surface area contributed by atoms with Gasteiger partial charge in [0.25, 0.3) is 5.91 Å². The van der Waals surface area contributed by atoms with Gasteiger partial charge in [0, 0.05) is 6.20 Å². The number of nitrogens with zero attached hydrogens (tertiary/aromatic N) is 1. The van der Waals surface area contributed by atoms with Crippen LogP contribution in [0.2, 0.25) is 10.0 Å². The summed E-state index contributed by atoms with van der Waals surface area (Å²) in [5.74, 6) is -1.63. The van der Waals surface area contributed by atoms with Crippen LogP contribution in [-0.4, -0.2) is 22.0 Å². The Labute approximate surface area is 138 Å². The van der Waals surface area contributed by atoms with Gasteiger partial charge in [0.15, 0.2) is 0 Å². The molecule has 1 aromatic heterocycles. The summed E-state index contributed by atoms with van der Waals surface area (Å²) in [6.45, 7) is 0. The van der Waals surface area contributed by atoms with E-state index >= 15 is 0 Å². The lowest BCUT2D eigenvalue weighted by atomic mass is 10.2. The first-order valence-electron chi connectivity index (χ1n) is 5.54. The van der Waals surface area contributed by atoms with E-state index < -0.39 is 11.9 Å². The average Bonchev–Trinajstić information content (AvgIpc) is 2.42. The van der Waals surface area contributed by atoms with Crippen molar-refractivity contribution in [1.82, 2.24) is 4.98 Å². The Bertz CT molecular complexity index is 714. The highest BCUT2D eigenvalue weighted by Crippen LogP contribution is 2.32. The second-order valence-corrected chi connectivity index (χ2v) is 5.48. The monoisotopic (exact) mass is 388 g/mol. The van der Waals surface area contributed by atoms with Gasteiger partial charge >= 0.3 is 5.97 Å². The Morgan fingerprint density at radius 3 is 2.38 bits per heavy atom. The molecule has 0 fully saturated rings. The number of nitrogens with one attached hydrogen (secondary N) is 1. The van der Waals surface area contributed by atoms with E-state index in [0.717, 1.165) is 0 Å². The highest BCUT2D eigenvalue weighted by Gasteiger charge is 2.17. The number of halogens is 3. The fraction of sp³-hybridized carbons (Fsp3) is 0. The molecule has 1 amide bonds. The molecule has 0 aliphatic rings. The molecule has 0 saturated heterocycles. The Balaban J connectivity index is 2.34. The van der Waals surface area contributed by atoms with Crippen molar-refractivity contribution >= 4 is 56.7 Å². The van der Waals surface area contributed by atoms with Crippen molar-refractivity contribution in [3.8, 4) is 0 Å². The fourth-order valence-corrected chi connectivity index (χ4v) is 2.56. The van der Waals surface area contributed by atoms with Gasteiger partial charge in [0.1, 0.15) is 4.60 Å². The summed E-state index contributed by atoms with van der Waals surface area (Å²) < 4.78 is 0.372. The smallest absolute Gasteiger partial charge is 0.335 e. The molecule has 0 radical (unpaired) electrons. The summed E-state index contributed by atoms with van der Waals surface area (Å²) >= 11 is 15.1. The third-order valence-electron chi connectivity index (χ3n) is 2.53. The van der Waals surface area contributed by atoms with Crippen molar-refractivity contribution in [1.29, 1.82) is 0 Å². The molecule has 0 bridgehead atoms. The van der Waals surface area contributed by atoms with E-state index in [1.165, 1.54) is 18.3 Å². The van der Waals surface area contributed by atoms with Crippen LogP contribution in [0.15, 0.2) is 35.1 Å². The number of carbonyl (C=O) groups excluding carboxylic acids is 1. The lowest BCUT2D eigenvalue weighted by molar-refractivity contribution is 0.0696. The van der Waals surface area contributed by atoms with Gasteiger partial charge < -0.3 is 10.4 Å². The zero-order valence-electron chi connectivity index (χ0n) is 10.2. The molecule has 2 N–H and O–H groups in total. The molecule has 21 heavy (non-hydrogen) atoms. The first kappa shape index (κ1) is 15.8. The van der Waals surface area contributed by atoms with E-state index in [-0.39, 0.29) is 21.3 Å². The summed E-state index contributed by atoms with van der Waals surface area (Å²) in [6.07, 6.45) is 1.53. The zero-order chi connectivity index (χ0) is 15.6. The number of anilines is 1. The third-order valence-corrected chi connectivity index (χ3v) is 3.76. The molecule has 1 aromatic carbocycles. The lowest BCUT2D eigenvalue weighted by Crippen LogP contribution is -2.14. The lowest BCUT2D eigenvalue weighted by Gasteiger charge is -2.11. The molecule has 8 heteroatoms. The molecule has 0 aliphatic carbocycles. The summed E-state index contributed by atoms with van der Waals surface area (Å²) in [5, 5.41) is 11.5. The van der Waals surface area contributed by atoms with Gasteiger partial charge in [-0.15, -0.1) is 0 Å². The van der Waals surface area contributed by atoms with Crippen molar-refractivity contribution in [2.45, 2.75) is 0 Å². The number of aromatic carboxylic acids is 1. The van der Waals surface area contributed by atoms with Crippen molar-refractivity contribution in [3.63, 3.8) is 0 Å². The van der Waals surface area contributed by atoms with Crippen LogP contribution in [0.1, 0.15) is 20.7 Å². The predicted molar refractivity (Wildman–Crippen MR) is 83.3 cm³/mol. The van der Waals surface area contributed by atoms with Crippen LogP contribution in [-0.2, 0) is 0 Å². The maximum atomic E-state index is 12.1. The first-order valence-corrected chi connectivity index (χ1v) is 7.09. The Morgan fingerprint density at radius 2 is 1.86 bits per heavy atom. The summed E-state index contributed by atoms with van der Waals surface area (Å²) in [6, 6.07) is 5.60. The number of carbonyl (C=O) groups is 2. The Kier molecular flexibility index (Phi) is 4.82.